The Kier molecular flexibility index (Phi) is 2.90. The lowest BCUT2D eigenvalue weighted by molar-refractivity contribution is -0.0571. The van der Waals surface area contributed by atoms with Gasteiger partial charge >= 0.3 is 0 Å². The highest BCUT2D eigenvalue weighted by atomic mass is 19.3. The van der Waals surface area contributed by atoms with Gasteiger partial charge in [-0.15, -0.1) is 0 Å². The number of ether oxygens (including phenoxy) is 1. The van der Waals surface area contributed by atoms with E-state index in [4.69, 9.17) is 9.84 Å². The van der Waals surface area contributed by atoms with Crippen LogP contribution in [-0.2, 0) is 5.92 Å². The van der Waals surface area contributed by atoms with Crippen LogP contribution in [0, 0.1) is 0 Å². The number of phenolic OH excluding ortho intramolecular Hbond substituents is 1. The molecule has 1 aromatic rings. The molecule has 0 saturated carbocycles. The summed E-state index contributed by atoms with van der Waals surface area (Å²) in [5, 5.41) is 17.6. The maximum Gasteiger partial charge on any atom is 0.299 e. The summed E-state index contributed by atoms with van der Waals surface area (Å²) in [6, 6.07) is 3.38. The molecule has 0 radical (unpaired) electrons. The number of hydrogen-bond donors (Lipinski definition) is 2. The number of hydrogen-bond acceptors (Lipinski definition) is 3. The van der Waals surface area contributed by atoms with Crippen molar-refractivity contribution in [2.24, 2.45) is 0 Å². The highest BCUT2D eigenvalue weighted by Crippen LogP contribution is 2.35. The van der Waals surface area contributed by atoms with Crippen molar-refractivity contribution in [3.8, 4) is 11.5 Å². The van der Waals surface area contributed by atoms with Crippen molar-refractivity contribution in [1.29, 1.82) is 0 Å². The van der Waals surface area contributed by atoms with Crippen LogP contribution >= 0.6 is 0 Å². The zero-order valence-corrected chi connectivity index (χ0v) is 7.50. The van der Waals surface area contributed by atoms with Gasteiger partial charge in [0.1, 0.15) is 18.1 Å². The third kappa shape index (κ3) is 1.93. The van der Waals surface area contributed by atoms with Crippen LogP contribution in [-0.4, -0.2) is 23.9 Å². The van der Waals surface area contributed by atoms with Gasteiger partial charge in [0.15, 0.2) is 0 Å². The topological polar surface area (TPSA) is 49.7 Å². The average Bonchev–Trinajstić information content (AvgIpc) is 2.17. The summed E-state index contributed by atoms with van der Waals surface area (Å²) >= 11 is 0. The Morgan fingerprint density at radius 2 is 2.07 bits per heavy atom. The number of rotatable bonds is 3. The van der Waals surface area contributed by atoms with Crippen molar-refractivity contribution in [2.45, 2.75) is 5.92 Å². The first-order valence-electron chi connectivity index (χ1n) is 3.87. The summed E-state index contributed by atoms with van der Waals surface area (Å²) in [5.74, 6) is -3.75. The van der Waals surface area contributed by atoms with Crippen LogP contribution in [0.2, 0.25) is 0 Å². The molecule has 0 unspecified atom stereocenters. The van der Waals surface area contributed by atoms with Crippen molar-refractivity contribution in [3.63, 3.8) is 0 Å². The zero-order chi connectivity index (χ0) is 10.8. The Labute approximate surface area is 79.6 Å². The molecule has 1 rings (SSSR count). The van der Waals surface area contributed by atoms with Gasteiger partial charge in [0.05, 0.1) is 12.7 Å². The van der Waals surface area contributed by atoms with Gasteiger partial charge in [-0.05, 0) is 12.1 Å². The van der Waals surface area contributed by atoms with Gasteiger partial charge < -0.3 is 14.9 Å². The van der Waals surface area contributed by atoms with Gasteiger partial charge in [0.2, 0.25) is 0 Å². The minimum Gasteiger partial charge on any atom is -0.507 e. The van der Waals surface area contributed by atoms with Gasteiger partial charge in [-0.2, -0.15) is 8.78 Å². The fraction of sp³-hybridized carbons (Fsp3) is 0.333. The van der Waals surface area contributed by atoms with Crippen molar-refractivity contribution >= 4 is 0 Å². The van der Waals surface area contributed by atoms with Crippen LogP contribution < -0.4 is 4.74 Å². The van der Waals surface area contributed by atoms with Crippen LogP contribution in [0.1, 0.15) is 5.56 Å². The molecule has 0 aromatic heterocycles. The molecule has 0 saturated heterocycles. The van der Waals surface area contributed by atoms with E-state index < -0.39 is 23.8 Å². The molecule has 0 heterocycles. The number of benzene rings is 1. The average molecular weight is 204 g/mol. The molecule has 0 amide bonds. The van der Waals surface area contributed by atoms with E-state index in [2.05, 4.69) is 0 Å². The smallest absolute Gasteiger partial charge is 0.299 e. The second-order valence-corrected chi connectivity index (χ2v) is 2.75. The van der Waals surface area contributed by atoms with E-state index in [1.54, 1.807) is 0 Å². The summed E-state index contributed by atoms with van der Waals surface area (Å²) in [4.78, 5) is 0. The molecule has 3 nitrogen and oxygen atoms in total. The molecule has 78 valence electrons. The normalized spacial score (nSPS) is 11.4. The van der Waals surface area contributed by atoms with E-state index in [9.17, 15) is 13.9 Å². The lowest BCUT2D eigenvalue weighted by Crippen LogP contribution is -2.18. The first kappa shape index (κ1) is 10.7. The molecule has 0 bridgehead atoms. The molecule has 0 atom stereocenters. The van der Waals surface area contributed by atoms with E-state index in [0.717, 1.165) is 12.1 Å². The Morgan fingerprint density at radius 3 is 2.50 bits per heavy atom. The predicted octanol–water partition coefficient (Wildman–Crippen LogP) is 1.48. The summed E-state index contributed by atoms with van der Waals surface area (Å²) < 4.78 is 30.6. The van der Waals surface area contributed by atoms with Gasteiger partial charge in [0.25, 0.3) is 5.92 Å². The Balaban J connectivity index is 3.12. The maximum atomic E-state index is 12.9. The molecule has 14 heavy (non-hydrogen) atoms. The number of methoxy groups -OCH3 is 1. The van der Waals surface area contributed by atoms with Gasteiger partial charge in [-0.3, -0.25) is 0 Å². The second-order valence-electron chi connectivity index (χ2n) is 2.75. The molecule has 0 aliphatic carbocycles. The van der Waals surface area contributed by atoms with E-state index in [1.807, 2.05) is 0 Å². The standard InChI is InChI=1S/C9H10F2O3/c1-14-6-2-3-7(8(13)4-6)9(10,11)5-12/h2-4,12-13H,5H2,1H3. The Bertz CT molecular complexity index is 326. The third-order valence-corrected chi connectivity index (χ3v) is 1.80. The van der Waals surface area contributed by atoms with Crippen LogP contribution in [0.3, 0.4) is 0 Å². The van der Waals surface area contributed by atoms with E-state index in [1.165, 1.54) is 13.2 Å². The van der Waals surface area contributed by atoms with Crippen LogP contribution in [0.4, 0.5) is 8.78 Å². The first-order chi connectivity index (χ1) is 6.51. The van der Waals surface area contributed by atoms with Crippen LogP contribution in [0.15, 0.2) is 18.2 Å². The summed E-state index contributed by atoms with van der Waals surface area (Å²) in [6.07, 6.45) is 0. The van der Waals surface area contributed by atoms with E-state index in [-0.39, 0.29) is 5.75 Å². The number of aliphatic hydroxyl groups is 1. The fourth-order valence-corrected chi connectivity index (χ4v) is 1.03. The summed E-state index contributed by atoms with van der Waals surface area (Å²) in [6.45, 7) is -1.34. The van der Waals surface area contributed by atoms with Crippen molar-refractivity contribution in [1.82, 2.24) is 0 Å². The molecule has 2 N–H and O–H groups in total. The van der Waals surface area contributed by atoms with Gasteiger partial charge in [0, 0.05) is 6.07 Å². The molecule has 0 aliphatic heterocycles. The SMILES string of the molecule is COc1ccc(C(F)(F)CO)c(O)c1. The maximum absolute atomic E-state index is 12.9. The highest BCUT2D eigenvalue weighted by molar-refractivity contribution is 5.42. The predicted molar refractivity (Wildman–Crippen MR) is 45.6 cm³/mol. The van der Waals surface area contributed by atoms with Crippen molar-refractivity contribution in [3.05, 3.63) is 23.8 Å². The molecular weight excluding hydrogens is 194 g/mol. The van der Waals surface area contributed by atoms with Crippen LogP contribution in [0.5, 0.6) is 11.5 Å². The van der Waals surface area contributed by atoms with Gasteiger partial charge in [-0.25, -0.2) is 0 Å². The van der Waals surface area contributed by atoms with E-state index >= 15 is 0 Å². The first-order valence-corrected chi connectivity index (χ1v) is 3.87. The second kappa shape index (κ2) is 3.79. The number of phenols is 1. The van der Waals surface area contributed by atoms with E-state index in [0.29, 0.717) is 0 Å². The molecule has 1 aromatic carbocycles. The number of aliphatic hydroxyl groups excluding tert-OH is 1. The highest BCUT2D eigenvalue weighted by Gasteiger charge is 2.33. The Hall–Kier alpha value is -1.36. The molecule has 0 aliphatic rings. The van der Waals surface area contributed by atoms with Crippen molar-refractivity contribution in [2.75, 3.05) is 13.7 Å². The number of halogens is 2. The van der Waals surface area contributed by atoms with Crippen LogP contribution in [0.25, 0.3) is 0 Å². The quantitative estimate of drug-likeness (QED) is 0.784. The summed E-state index contributed by atoms with van der Waals surface area (Å²) in [5.41, 5.74) is -0.610. The molecule has 0 spiro atoms. The molecule has 0 fully saturated rings. The Morgan fingerprint density at radius 1 is 1.43 bits per heavy atom. The molecular formula is C9H10F2O3. The minimum atomic E-state index is -3.43. The van der Waals surface area contributed by atoms with Crippen molar-refractivity contribution < 1.29 is 23.7 Å². The summed E-state index contributed by atoms with van der Waals surface area (Å²) in [7, 11) is 1.36. The minimum absolute atomic E-state index is 0.278. The number of aromatic hydroxyl groups is 1. The lowest BCUT2D eigenvalue weighted by atomic mass is 10.1. The third-order valence-electron chi connectivity index (χ3n) is 1.80. The zero-order valence-electron chi connectivity index (χ0n) is 7.50. The lowest BCUT2D eigenvalue weighted by Gasteiger charge is -2.15. The van der Waals surface area contributed by atoms with Gasteiger partial charge in [-0.1, -0.05) is 0 Å². The number of alkyl halides is 2. The molecule has 5 heteroatoms. The largest absolute Gasteiger partial charge is 0.507 e. The monoisotopic (exact) mass is 204 g/mol. The fourth-order valence-electron chi connectivity index (χ4n) is 1.03.